The van der Waals surface area contributed by atoms with Crippen LogP contribution in [0.15, 0.2) is 60.7 Å². The van der Waals surface area contributed by atoms with Crippen molar-refractivity contribution in [1.29, 1.82) is 0 Å². The second-order valence-corrected chi connectivity index (χ2v) is 6.18. The Morgan fingerprint density at radius 3 is 2.21 bits per heavy atom. The Morgan fingerprint density at radius 1 is 1.00 bits per heavy atom. The highest BCUT2D eigenvalue weighted by Gasteiger charge is 2.23. The number of ether oxygens (including phenoxy) is 1. The van der Waals surface area contributed by atoms with Crippen molar-refractivity contribution in [2.24, 2.45) is 0 Å². The fourth-order valence-corrected chi connectivity index (χ4v) is 3.02. The zero-order valence-electron chi connectivity index (χ0n) is 14.7. The SMILES string of the molecule is CCC[C@@H](F)CN(Cc1ccccc1)[C@@H](COC)c1ccccc1. The summed E-state index contributed by atoms with van der Waals surface area (Å²) in [6, 6.07) is 20.5. The van der Waals surface area contributed by atoms with Gasteiger partial charge in [0.1, 0.15) is 6.17 Å². The molecule has 2 rings (SSSR count). The van der Waals surface area contributed by atoms with Crippen molar-refractivity contribution >= 4 is 0 Å². The molecule has 0 heterocycles. The molecule has 2 aromatic rings. The van der Waals surface area contributed by atoms with Crippen LogP contribution in [0.4, 0.5) is 4.39 Å². The van der Waals surface area contributed by atoms with Crippen LogP contribution in [-0.4, -0.2) is 31.3 Å². The minimum atomic E-state index is -0.818. The van der Waals surface area contributed by atoms with Crippen molar-refractivity contribution in [2.45, 2.75) is 38.5 Å². The zero-order chi connectivity index (χ0) is 17.2. The van der Waals surface area contributed by atoms with Crippen molar-refractivity contribution in [1.82, 2.24) is 4.90 Å². The van der Waals surface area contributed by atoms with Gasteiger partial charge in [-0.25, -0.2) is 4.39 Å². The highest BCUT2D eigenvalue weighted by Crippen LogP contribution is 2.24. The van der Waals surface area contributed by atoms with Gasteiger partial charge in [0, 0.05) is 20.2 Å². The van der Waals surface area contributed by atoms with Crippen LogP contribution in [0.3, 0.4) is 0 Å². The van der Waals surface area contributed by atoms with E-state index in [9.17, 15) is 4.39 Å². The van der Waals surface area contributed by atoms with Crippen LogP contribution < -0.4 is 0 Å². The maximum Gasteiger partial charge on any atom is 0.113 e. The molecular weight excluding hydrogens is 301 g/mol. The molecule has 2 aromatic carbocycles. The Bertz CT molecular complexity index is 561. The average molecular weight is 329 g/mol. The molecule has 0 fully saturated rings. The molecule has 0 amide bonds. The molecule has 0 N–H and O–H groups in total. The Kier molecular flexibility index (Phi) is 7.93. The Balaban J connectivity index is 2.23. The molecule has 0 aliphatic carbocycles. The number of rotatable bonds is 10. The molecule has 0 radical (unpaired) electrons. The van der Waals surface area contributed by atoms with Crippen LogP contribution in [0, 0.1) is 0 Å². The number of halogens is 1. The molecule has 24 heavy (non-hydrogen) atoms. The Hall–Kier alpha value is -1.71. The van der Waals surface area contributed by atoms with E-state index in [1.807, 2.05) is 43.3 Å². The summed E-state index contributed by atoms with van der Waals surface area (Å²) < 4.78 is 19.8. The molecule has 130 valence electrons. The van der Waals surface area contributed by atoms with Crippen LogP contribution in [-0.2, 0) is 11.3 Å². The Morgan fingerprint density at radius 2 is 1.62 bits per heavy atom. The van der Waals surface area contributed by atoms with Crippen LogP contribution >= 0.6 is 0 Å². The van der Waals surface area contributed by atoms with Gasteiger partial charge >= 0.3 is 0 Å². The summed E-state index contributed by atoms with van der Waals surface area (Å²) in [5, 5.41) is 0. The summed E-state index contributed by atoms with van der Waals surface area (Å²) in [5.74, 6) is 0. The third kappa shape index (κ3) is 5.73. The topological polar surface area (TPSA) is 12.5 Å². The number of nitrogens with zero attached hydrogens (tertiary/aromatic N) is 1. The van der Waals surface area contributed by atoms with Gasteiger partial charge in [0.15, 0.2) is 0 Å². The summed E-state index contributed by atoms with van der Waals surface area (Å²) in [5.41, 5.74) is 2.36. The standard InChI is InChI=1S/C21H28FNO/c1-3-10-20(22)16-23(15-18-11-6-4-7-12-18)21(17-24-2)19-13-8-5-9-14-19/h4-9,11-14,20-21H,3,10,15-17H2,1-2H3/t20-,21+/m1/s1. The minimum Gasteiger partial charge on any atom is -0.383 e. The first-order valence-corrected chi connectivity index (χ1v) is 8.70. The van der Waals surface area contributed by atoms with Gasteiger partial charge in [-0.05, 0) is 17.5 Å². The van der Waals surface area contributed by atoms with E-state index in [4.69, 9.17) is 4.74 Å². The molecule has 2 nitrogen and oxygen atoms in total. The first kappa shape index (κ1) is 18.6. The van der Waals surface area contributed by atoms with Gasteiger partial charge in [-0.3, -0.25) is 4.90 Å². The molecule has 0 spiro atoms. The zero-order valence-corrected chi connectivity index (χ0v) is 14.7. The highest BCUT2D eigenvalue weighted by atomic mass is 19.1. The molecule has 2 atom stereocenters. The van der Waals surface area contributed by atoms with Crippen LogP contribution in [0.2, 0.25) is 0 Å². The number of methoxy groups -OCH3 is 1. The first-order valence-electron chi connectivity index (χ1n) is 8.70. The molecule has 0 bridgehead atoms. The highest BCUT2D eigenvalue weighted by molar-refractivity contribution is 5.21. The van der Waals surface area contributed by atoms with E-state index in [0.717, 1.165) is 6.42 Å². The van der Waals surface area contributed by atoms with Crippen molar-refractivity contribution < 1.29 is 9.13 Å². The smallest absolute Gasteiger partial charge is 0.113 e. The molecule has 0 saturated carbocycles. The fraction of sp³-hybridized carbons (Fsp3) is 0.429. The second kappa shape index (κ2) is 10.2. The van der Waals surface area contributed by atoms with Gasteiger partial charge in [-0.2, -0.15) is 0 Å². The monoisotopic (exact) mass is 329 g/mol. The lowest BCUT2D eigenvalue weighted by atomic mass is 10.0. The van der Waals surface area contributed by atoms with E-state index in [-0.39, 0.29) is 6.04 Å². The molecular formula is C21H28FNO. The quantitative estimate of drug-likeness (QED) is 0.607. The largest absolute Gasteiger partial charge is 0.383 e. The fourth-order valence-electron chi connectivity index (χ4n) is 3.02. The number of alkyl halides is 1. The van der Waals surface area contributed by atoms with Gasteiger partial charge in [-0.1, -0.05) is 74.0 Å². The van der Waals surface area contributed by atoms with E-state index in [1.54, 1.807) is 7.11 Å². The lowest BCUT2D eigenvalue weighted by Crippen LogP contribution is -2.36. The van der Waals surface area contributed by atoms with Crippen LogP contribution in [0.5, 0.6) is 0 Å². The van der Waals surface area contributed by atoms with Crippen molar-refractivity contribution in [3.8, 4) is 0 Å². The van der Waals surface area contributed by atoms with Crippen molar-refractivity contribution in [3.63, 3.8) is 0 Å². The lowest BCUT2D eigenvalue weighted by molar-refractivity contribution is 0.0643. The number of hydrogen-bond acceptors (Lipinski definition) is 2. The summed E-state index contributed by atoms with van der Waals surface area (Å²) in [6.07, 6.45) is 0.641. The lowest BCUT2D eigenvalue weighted by Gasteiger charge is -2.33. The van der Waals surface area contributed by atoms with E-state index in [1.165, 1.54) is 11.1 Å². The predicted octanol–water partition coefficient (Wildman–Crippen LogP) is 5.01. The molecule has 0 aliphatic rings. The van der Waals surface area contributed by atoms with Gasteiger partial charge in [0.05, 0.1) is 12.6 Å². The van der Waals surface area contributed by atoms with Crippen LogP contribution in [0.25, 0.3) is 0 Å². The summed E-state index contributed by atoms with van der Waals surface area (Å²) in [7, 11) is 1.70. The molecule has 0 unspecified atom stereocenters. The van der Waals surface area contributed by atoms with Gasteiger partial charge in [0.25, 0.3) is 0 Å². The van der Waals surface area contributed by atoms with E-state index >= 15 is 0 Å². The molecule has 0 aliphatic heterocycles. The number of hydrogen-bond donors (Lipinski definition) is 0. The Labute approximate surface area is 145 Å². The first-order chi connectivity index (χ1) is 11.7. The normalized spacial score (nSPS) is 13.8. The minimum absolute atomic E-state index is 0.0477. The summed E-state index contributed by atoms with van der Waals surface area (Å²) in [6.45, 7) is 3.72. The second-order valence-electron chi connectivity index (χ2n) is 6.18. The third-order valence-electron chi connectivity index (χ3n) is 4.21. The maximum atomic E-state index is 14.4. The molecule has 0 saturated heterocycles. The predicted molar refractivity (Wildman–Crippen MR) is 97.7 cm³/mol. The maximum absolute atomic E-state index is 14.4. The van der Waals surface area contributed by atoms with Crippen LogP contribution in [0.1, 0.15) is 36.9 Å². The van der Waals surface area contributed by atoms with E-state index in [0.29, 0.717) is 26.1 Å². The summed E-state index contributed by atoms with van der Waals surface area (Å²) >= 11 is 0. The number of benzene rings is 2. The van der Waals surface area contributed by atoms with Gasteiger partial charge < -0.3 is 4.74 Å². The molecule has 0 aromatic heterocycles. The summed E-state index contributed by atoms with van der Waals surface area (Å²) in [4.78, 5) is 2.20. The van der Waals surface area contributed by atoms with E-state index < -0.39 is 6.17 Å². The third-order valence-corrected chi connectivity index (χ3v) is 4.21. The average Bonchev–Trinajstić information content (AvgIpc) is 2.61. The molecule has 3 heteroatoms. The van der Waals surface area contributed by atoms with Gasteiger partial charge in [-0.15, -0.1) is 0 Å². The van der Waals surface area contributed by atoms with E-state index in [2.05, 4.69) is 29.2 Å². The van der Waals surface area contributed by atoms with Gasteiger partial charge in [0.2, 0.25) is 0 Å². The van der Waals surface area contributed by atoms with Crippen molar-refractivity contribution in [2.75, 3.05) is 20.3 Å². The van der Waals surface area contributed by atoms with Crippen molar-refractivity contribution in [3.05, 3.63) is 71.8 Å².